The van der Waals surface area contributed by atoms with E-state index in [-0.39, 0.29) is 11.6 Å². The molecule has 0 aliphatic heterocycles. The first kappa shape index (κ1) is 18.5. The van der Waals surface area contributed by atoms with Crippen molar-refractivity contribution in [1.82, 2.24) is 30.3 Å². The fourth-order valence-corrected chi connectivity index (χ4v) is 3.03. The topological polar surface area (TPSA) is 85.6 Å². The minimum Gasteiger partial charge on any atom is -0.346 e. The number of carbonyl (C=O) groups is 1. The first-order valence-corrected chi connectivity index (χ1v) is 9.38. The summed E-state index contributed by atoms with van der Waals surface area (Å²) >= 11 is 0. The SMILES string of the molecule is CCc1ccc(-n2nnc(C(=O)NCc3cccnc3)c2-c2ccncc2)cc1. The third kappa shape index (κ3) is 4.03. The van der Waals surface area contributed by atoms with Crippen molar-refractivity contribution in [3.8, 4) is 16.9 Å². The van der Waals surface area contributed by atoms with Crippen LogP contribution in [-0.4, -0.2) is 30.9 Å². The summed E-state index contributed by atoms with van der Waals surface area (Å²) in [6.45, 7) is 2.47. The molecule has 0 unspecified atom stereocenters. The average Bonchev–Trinajstić information content (AvgIpc) is 3.24. The standard InChI is InChI=1S/C22H20N6O/c1-2-16-5-7-19(8-6-16)28-21(18-9-12-23-13-10-18)20(26-27-28)22(29)25-15-17-4-3-11-24-14-17/h3-14H,2,15H2,1H3,(H,25,29). The van der Waals surface area contributed by atoms with E-state index in [0.717, 1.165) is 23.2 Å². The molecule has 4 rings (SSSR count). The molecule has 7 heteroatoms. The zero-order valence-corrected chi connectivity index (χ0v) is 16.0. The van der Waals surface area contributed by atoms with E-state index in [1.54, 1.807) is 29.5 Å². The van der Waals surface area contributed by atoms with Gasteiger partial charge in [0.1, 0.15) is 5.69 Å². The molecule has 3 heterocycles. The summed E-state index contributed by atoms with van der Waals surface area (Å²) in [5, 5.41) is 11.4. The van der Waals surface area contributed by atoms with Gasteiger partial charge >= 0.3 is 0 Å². The molecule has 0 aliphatic rings. The van der Waals surface area contributed by atoms with Gasteiger partial charge in [0.2, 0.25) is 0 Å². The highest BCUT2D eigenvalue weighted by atomic mass is 16.2. The van der Waals surface area contributed by atoms with Crippen LogP contribution >= 0.6 is 0 Å². The lowest BCUT2D eigenvalue weighted by molar-refractivity contribution is 0.0946. The molecule has 0 spiro atoms. The maximum Gasteiger partial charge on any atom is 0.274 e. The molecule has 0 bridgehead atoms. The van der Waals surface area contributed by atoms with Crippen molar-refractivity contribution in [2.45, 2.75) is 19.9 Å². The van der Waals surface area contributed by atoms with Gasteiger partial charge in [-0.05, 0) is 47.9 Å². The summed E-state index contributed by atoms with van der Waals surface area (Å²) in [6.07, 6.45) is 7.74. The molecule has 7 nitrogen and oxygen atoms in total. The lowest BCUT2D eigenvalue weighted by Crippen LogP contribution is -2.24. The summed E-state index contributed by atoms with van der Waals surface area (Å²) in [5.74, 6) is -0.294. The highest BCUT2D eigenvalue weighted by Gasteiger charge is 2.22. The van der Waals surface area contributed by atoms with E-state index in [0.29, 0.717) is 12.2 Å². The number of nitrogens with one attached hydrogen (secondary N) is 1. The molecule has 0 atom stereocenters. The van der Waals surface area contributed by atoms with Crippen molar-refractivity contribution in [3.05, 3.63) is 90.1 Å². The predicted octanol–water partition coefficient (Wildman–Crippen LogP) is 3.22. The van der Waals surface area contributed by atoms with Crippen molar-refractivity contribution in [2.24, 2.45) is 0 Å². The summed E-state index contributed by atoms with van der Waals surface area (Å²) in [7, 11) is 0. The van der Waals surface area contributed by atoms with E-state index in [1.807, 2.05) is 36.4 Å². The Bertz CT molecular complexity index is 1090. The molecule has 0 saturated carbocycles. The number of aromatic nitrogens is 5. The van der Waals surface area contributed by atoms with E-state index in [1.165, 1.54) is 5.56 Å². The third-order valence-corrected chi connectivity index (χ3v) is 4.60. The normalized spacial score (nSPS) is 10.7. The molecule has 3 aromatic heterocycles. The number of pyridine rings is 2. The second kappa shape index (κ2) is 8.43. The number of rotatable bonds is 6. The first-order valence-electron chi connectivity index (χ1n) is 9.38. The number of benzene rings is 1. The Morgan fingerprint density at radius 1 is 0.966 bits per heavy atom. The fraction of sp³-hybridized carbons (Fsp3) is 0.136. The van der Waals surface area contributed by atoms with Crippen LogP contribution in [0.2, 0.25) is 0 Å². The van der Waals surface area contributed by atoms with Gasteiger partial charge in [0.15, 0.2) is 5.69 Å². The van der Waals surface area contributed by atoms with Gasteiger partial charge in [-0.25, -0.2) is 4.68 Å². The minimum absolute atomic E-state index is 0.264. The molecule has 0 fully saturated rings. The number of hydrogen-bond acceptors (Lipinski definition) is 5. The lowest BCUT2D eigenvalue weighted by atomic mass is 10.1. The van der Waals surface area contributed by atoms with E-state index in [9.17, 15) is 4.79 Å². The van der Waals surface area contributed by atoms with Gasteiger partial charge in [-0.15, -0.1) is 5.10 Å². The van der Waals surface area contributed by atoms with Crippen LogP contribution in [0.3, 0.4) is 0 Å². The zero-order valence-electron chi connectivity index (χ0n) is 16.0. The van der Waals surface area contributed by atoms with Crippen LogP contribution in [0.5, 0.6) is 0 Å². The summed E-state index contributed by atoms with van der Waals surface area (Å²) < 4.78 is 1.69. The number of carbonyl (C=O) groups excluding carboxylic acids is 1. The molecular formula is C22H20N6O. The van der Waals surface area contributed by atoms with Gasteiger partial charge in [0.25, 0.3) is 5.91 Å². The van der Waals surface area contributed by atoms with Gasteiger partial charge < -0.3 is 5.32 Å². The molecule has 1 amide bonds. The summed E-state index contributed by atoms with van der Waals surface area (Å²) in [4.78, 5) is 21.0. The fourth-order valence-electron chi connectivity index (χ4n) is 3.03. The molecule has 144 valence electrons. The van der Waals surface area contributed by atoms with Crippen LogP contribution in [0.25, 0.3) is 16.9 Å². The molecular weight excluding hydrogens is 364 g/mol. The third-order valence-electron chi connectivity index (χ3n) is 4.60. The van der Waals surface area contributed by atoms with E-state index in [2.05, 4.69) is 44.7 Å². The molecule has 1 aromatic carbocycles. The molecule has 0 saturated heterocycles. The number of amides is 1. The quantitative estimate of drug-likeness (QED) is 0.552. The van der Waals surface area contributed by atoms with Gasteiger partial charge in [0, 0.05) is 36.9 Å². The second-order valence-corrected chi connectivity index (χ2v) is 6.50. The maximum atomic E-state index is 12.9. The van der Waals surface area contributed by atoms with E-state index in [4.69, 9.17) is 0 Å². The maximum absolute atomic E-state index is 12.9. The minimum atomic E-state index is -0.294. The second-order valence-electron chi connectivity index (χ2n) is 6.50. The monoisotopic (exact) mass is 384 g/mol. The van der Waals surface area contributed by atoms with Gasteiger partial charge in [-0.2, -0.15) is 0 Å². The Morgan fingerprint density at radius 2 is 1.76 bits per heavy atom. The van der Waals surface area contributed by atoms with Crippen LogP contribution in [-0.2, 0) is 13.0 Å². The largest absolute Gasteiger partial charge is 0.346 e. The smallest absolute Gasteiger partial charge is 0.274 e. The zero-order chi connectivity index (χ0) is 20.1. The highest BCUT2D eigenvalue weighted by molar-refractivity contribution is 5.98. The first-order chi connectivity index (χ1) is 14.3. The number of nitrogens with zero attached hydrogens (tertiary/aromatic N) is 5. The Labute approximate surface area is 168 Å². The molecule has 0 radical (unpaired) electrons. The van der Waals surface area contributed by atoms with Crippen molar-refractivity contribution in [3.63, 3.8) is 0 Å². The van der Waals surface area contributed by atoms with Gasteiger partial charge in [-0.1, -0.05) is 30.3 Å². The van der Waals surface area contributed by atoms with Crippen LogP contribution in [0.4, 0.5) is 0 Å². The van der Waals surface area contributed by atoms with E-state index < -0.39 is 0 Å². The van der Waals surface area contributed by atoms with Crippen molar-refractivity contribution in [1.29, 1.82) is 0 Å². The predicted molar refractivity (Wildman–Crippen MR) is 109 cm³/mol. The Kier molecular flexibility index (Phi) is 5.38. The average molecular weight is 384 g/mol. The number of hydrogen-bond donors (Lipinski definition) is 1. The summed E-state index contributed by atoms with van der Waals surface area (Å²) in [6, 6.07) is 15.5. The summed E-state index contributed by atoms with van der Waals surface area (Å²) in [5.41, 5.74) is 4.69. The lowest BCUT2D eigenvalue weighted by Gasteiger charge is -2.09. The Hall–Kier alpha value is -3.87. The van der Waals surface area contributed by atoms with Gasteiger partial charge in [-0.3, -0.25) is 14.8 Å². The van der Waals surface area contributed by atoms with Crippen molar-refractivity contribution >= 4 is 5.91 Å². The van der Waals surface area contributed by atoms with Crippen LogP contribution in [0.15, 0.2) is 73.3 Å². The Morgan fingerprint density at radius 3 is 2.45 bits per heavy atom. The molecule has 29 heavy (non-hydrogen) atoms. The van der Waals surface area contributed by atoms with Crippen molar-refractivity contribution in [2.75, 3.05) is 0 Å². The Balaban J connectivity index is 1.70. The molecule has 4 aromatic rings. The van der Waals surface area contributed by atoms with Crippen LogP contribution < -0.4 is 5.32 Å². The van der Waals surface area contributed by atoms with E-state index >= 15 is 0 Å². The highest BCUT2D eigenvalue weighted by Crippen LogP contribution is 2.25. The number of aryl methyl sites for hydroxylation is 1. The van der Waals surface area contributed by atoms with Crippen LogP contribution in [0.1, 0.15) is 28.5 Å². The van der Waals surface area contributed by atoms with Crippen LogP contribution in [0, 0.1) is 0 Å². The van der Waals surface area contributed by atoms with Gasteiger partial charge in [0.05, 0.1) is 5.69 Å². The van der Waals surface area contributed by atoms with Crippen molar-refractivity contribution < 1.29 is 4.79 Å². The molecule has 1 N–H and O–H groups in total. The molecule has 0 aliphatic carbocycles.